The van der Waals surface area contributed by atoms with Crippen molar-refractivity contribution in [1.29, 1.82) is 0 Å². The SMILES string of the molecule is C/C(=C\c1csc(C)n1)[C@@H]1C/C=C\CCC[C@H](C)[C@H](O)[C@@H](C)C(=O)C(C)(C)[C@H](O)CC(O)O1. The van der Waals surface area contributed by atoms with Gasteiger partial charge in [-0.15, -0.1) is 11.3 Å². The summed E-state index contributed by atoms with van der Waals surface area (Å²) in [6.07, 6.45) is 5.69. The number of rotatable bonds is 2. The van der Waals surface area contributed by atoms with Crippen molar-refractivity contribution in [3.05, 3.63) is 33.8 Å². The molecule has 1 aromatic heterocycles. The predicted octanol–water partition coefficient (Wildman–Crippen LogP) is 4.67. The van der Waals surface area contributed by atoms with Crippen molar-refractivity contribution in [2.24, 2.45) is 17.3 Å². The minimum atomic E-state index is -1.24. The third kappa shape index (κ3) is 7.82. The number of allylic oxidation sites excluding steroid dienone is 1. The number of aryl methyl sites for hydroxylation is 1. The van der Waals surface area contributed by atoms with Gasteiger partial charge in [-0.05, 0) is 57.1 Å². The molecule has 1 aliphatic heterocycles. The Hall–Kier alpha value is -1.38. The summed E-state index contributed by atoms with van der Waals surface area (Å²) in [6, 6.07) is 0. The van der Waals surface area contributed by atoms with E-state index in [0.29, 0.717) is 6.42 Å². The molecule has 2 rings (SSSR count). The Morgan fingerprint density at radius 2 is 1.94 bits per heavy atom. The molecule has 0 fully saturated rings. The molecule has 33 heavy (non-hydrogen) atoms. The van der Waals surface area contributed by atoms with Gasteiger partial charge in [0.25, 0.3) is 0 Å². The molecule has 3 N–H and O–H groups in total. The van der Waals surface area contributed by atoms with Gasteiger partial charge in [0.2, 0.25) is 0 Å². The van der Waals surface area contributed by atoms with Gasteiger partial charge in [-0.25, -0.2) is 4.98 Å². The zero-order valence-electron chi connectivity index (χ0n) is 20.8. The molecular formula is C26H41NO5S. The van der Waals surface area contributed by atoms with E-state index in [1.807, 2.05) is 32.2 Å². The molecule has 6 nitrogen and oxygen atoms in total. The zero-order valence-corrected chi connectivity index (χ0v) is 21.6. The summed E-state index contributed by atoms with van der Waals surface area (Å²) in [5.41, 5.74) is 0.665. The number of aromatic nitrogens is 1. The average Bonchev–Trinajstić information content (AvgIpc) is 3.16. The number of hydrogen-bond acceptors (Lipinski definition) is 7. The molecule has 1 unspecified atom stereocenters. The number of aliphatic hydroxyl groups excluding tert-OH is 3. The number of carbonyl (C=O) groups excluding carboxylic acids is 1. The van der Waals surface area contributed by atoms with Gasteiger partial charge in [0.05, 0.1) is 29.0 Å². The molecule has 0 aliphatic carbocycles. The van der Waals surface area contributed by atoms with E-state index in [0.717, 1.165) is 35.5 Å². The molecule has 0 saturated heterocycles. The number of ketones is 1. The molecule has 6 atom stereocenters. The third-order valence-electron chi connectivity index (χ3n) is 6.79. The van der Waals surface area contributed by atoms with Crippen LogP contribution in [0.15, 0.2) is 23.1 Å². The fourth-order valence-electron chi connectivity index (χ4n) is 4.32. The standard InChI is InChI=1S/C26H41NO5S/c1-16-11-9-7-8-10-12-21(17(2)13-20-15-33-19(4)27-20)32-23(29)14-22(28)26(5,6)25(31)18(3)24(16)30/h8,10,13,15-16,18,21-24,28-30H,7,9,11-12,14H2,1-6H3/b10-8-,17-13+/t16-,18+,21-,22+,23?,24-/m0/s1. The lowest BCUT2D eigenvalue weighted by Gasteiger charge is -2.35. The van der Waals surface area contributed by atoms with Crippen LogP contribution in [0.25, 0.3) is 6.08 Å². The highest BCUT2D eigenvalue weighted by Gasteiger charge is 2.42. The number of thiazole rings is 1. The molecule has 2 heterocycles. The second-order valence-corrected chi connectivity index (χ2v) is 11.1. The van der Waals surface area contributed by atoms with Crippen LogP contribution in [0.2, 0.25) is 0 Å². The van der Waals surface area contributed by atoms with E-state index in [1.165, 1.54) is 0 Å². The molecule has 1 aliphatic rings. The van der Waals surface area contributed by atoms with Crippen LogP contribution in [-0.2, 0) is 9.53 Å². The van der Waals surface area contributed by atoms with E-state index in [4.69, 9.17) is 4.74 Å². The molecule has 1 aromatic rings. The molecule has 0 aromatic carbocycles. The van der Waals surface area contributed by atoms with Crippen molar-refractivity contribution < 1.29 is 24.9 Å². The third-order valence-corrected chi connectivity index (χ3v) is 7.58. The average molecular weight is 480 g/mol. The quantitative estimate of drug-likeness (QED) is 0.533. The minimum absolute atomic E-state index is 0.0217. The first-order chi connectivity index (χ1) is 15.4. The van der Waals surface area contributed by atoms with Crippen LogP contribution in [0, 0.1) is 24.2 Å². The lowest BCUT2D eigenvalue weighted by Crippen LogP contribution is -2.46. The van der Waals surface area contributed by atoms with Crippen LogP contribution < -0.4 is 0 Å². The maximum absolute atomic E-state index is 13.1. The van der Waals surface area contributed by atoms with Gasteiger partial charge in [-0.2, -0.15) is 0 Å². The molecule has 0 bridgehead atoms. The first-order valence-electron chi connectivity index (χ1n) is 11.9. The number of carbonyl (C=O) groups is 1. The van der Waals surface area contributed by atoms with Crippen molar-refractivity contribution in [1.82, 2.24) is 4.98 Å². The topological polar surface area (TPSA) is 99.9 Å². The lowest BCUT2D eigenvalue weighted by atomic mass is 9.73. The van der Waals surface area contributed by atoms with E-state index in [9.17, 15) is 20.1 Å². The minimum Gasteiger partial charge on any atom is -0.392 e. The van der Waals surface area contributed by atoms with Gasteiger partial charge >= 0.3 is 0 Å². The highest BCUT2D eigenvalue weighted by atomic mass is 32.1. The Kier molecular flexibility index (Phi) is 10.4. The Morgan fingerprint density at radius 3 is 2.58 bits per heavy atom. The summed E-state index contributed by atoms with van der Waals surface area (Å²) < 4.78 is 5.95. The van der Waals surface area contributed by atoms with Crippen LogP contribution in [-0.4, -0.2) is 50.7 Å². The number of aliphatic hydroxyl groups is 3. The predicted molar refractivity (Wildman–Crippen MR) is 133 cm³/mol. The monoisotopic (exact) mass is 479 g/mol. The number of Topliss-reactive ketones (excluding diaryl/α,β-unsaturated/α-hetero) is 1. The van der Waals surface area contributed by atoms with Crippen molar-refractivity contribution in [2.75, 3.05) is 0 Å². The summed E-state index contributed by atoms with van der Waals surface area (Å²) >= 11 is 1.58. The van der Waals surface area contributed by atoms with Gasteiger partial charge in [0, 0.05) is 23.1 Å². The van der Waals surface area contributed by atoms with Crippen molar-refractivity contribution in [2.45, 2.75) is 98.2 Å². The number of hydrogen-bond donors (Lipinski definition) is 3. The summed E-state index contributed by atoms with van der Waals surface area (Å²) in [6.45, 7) is 10.9. The number of nitrogens with zero attached hydrogens (tertiary/aromatic N) is 1. The van der Waals surface area contributed by atoms with E-state index >= 15 is 0 Å². The maximum Gasteiger partial charge on any atom is 0.157 e. The summed E-state index contributed by atoms with van der Waals surface area (Å²) in [5.74, 6) is -0.836. The second kappa shape index (κ2) is 12.4. The Balaban J connectivity index is 2.26. The van der Waals surface area contributed by atoms with Gasteiger partial charge in [0.15, 0.2) is 6.29 Å². The molecular weight excluding hydrogens is 438 g/mol. The Labute approximate surface area is 202 Å². The largest absolute Gasteiger partial charge is 0.392 e. The van der Waals surface area contributed by atoms with E-state index in [1.54, 1.807) is 32.1 Å². The van der Waals surface area contributed by atoms with Crippen LogP contribution in [0.5, 0.6) is 0 Å². The van der Waals surface area contributed by atoms with Crippen LogP contribution in [0.4, 0.5) is 0 Å². The van der Waals surface area contributed by atoms with Crippen molar-refractivity contribution >= 4 is 23.2 Å². The maximum atomic E-state index is 13.1. The molecule has 0 spiro atoms. The van der Waals surface area contributed by atoms with E-state index in [-0.39, 0.29) is 24.2 Å². The summed E-state index contributed by atoms with van der Waals surface area (Å²) in [7, 11) is 0. The van der Waals surface area contributed by atoms with Gasteiger partial charge in [-0.1, -0.05) is 39.8 Å². The Bertz CT molecular complexity index is 830. The zero-order chi connectivity index (χ0) is 24.8. The van der Waals surface area contributed by atoms with Crippen LogP contribution in [0.1, 0.15) is 77.4 Å². The second-order valence-electron chi connectivity index (χ2n) is 9.99. The van der Waals surface area contributed by atoms with Crippen molar-refractivity contribution in [3.8, 4) is 0 Å². The first kappa shape index (κ1) is 27.9. The van der Waals surface area contributed by atoms with E-state index in [2.05, 4.69) is 17.1 Å². The molecule has 0 amide bonds. The lowest BCUT2D eigenvalue weighted by molar-refractivity contribution is -0.160. The summed E-state index contributed by atoms with van der Waals surface area (Å²) in [4.78, 5) is 17.6. The normalized spacial score (nSPS) is 34.2. The fourth-order valence-corrected chi connectivity index (χ4v) is 4.89. The molecule has 0 radical (unpaired) electrons. The smallest absolute Gasteiger partial charge is 0.157 e. The van der Waals surface area contributed by atoms with Crippen molar-refractivity contribution in [3.63, 3.8) is 0 Å². The molecule has 186 valence electrons. The highest BCUT2D eigenvalue weighted by molar-refractivity contribution is 7.09. The first-order valence-corrected chi connectivity index (χ1v) is 12.8. The van der Waals surface area contributed by atoms with Crippen LogP contribution in [0.3, 0.4) is 0 Å². The van der Waals surface area contributed by atoms with Gasteiger partial charge in [-0.3, -0.25) is 4.79 Å². The fraction of sp³-hybridized carbons (Fsp3) is 0.692. The number of ether oxygens (including phenoxy) is 1. The van der Waals surface area contributed by atoms with Gasteiger partial charge < -0.3 is 20.1 Å². The van der Waals surface area contributed by atoms with E-state index < -0.39 is 29.8 Å². The van der Waals surface area contributed by atoms with Crippen LogP contribution >= 0.6 is 11.3 Å². The molecule has 7 heteroatoms. The highest BCUT2D eigenvalue weighted by Crippen LogP contribution is 2.32. The Morgan fingerprint density at radius 1 is 1.24 bits per heavy atom. The summed E-state index contributed by atoms with van der Waals surface area (Å²) in [5, 5.41) is 35.2. The van der Waals surface area contributed by atoms with Gasteiger partial charge in [0.1, 0.15) is 5.78 Å². The molecule has 0 saturated carbocycles.